The van der Waals surface area contributed by atoms with Crippen LogP contribution in [-0.2, 0) is 6.18 Å². The van der Waals surface area contributed by atoms with Crippen molar-refractivity contribution >= 4 is 43.6 Å². The van der Waals surface area contributed by atoms with Crippen LogP contribution in [0.5, 0.6) is 0 Å². The molecule has 0 N–H and O–H groups in total. The molecule has 3 aromatic heterocycles. The first kappa shape index (κ1) is 39.9. The average Bonchev–Trinajstić information content (AvgIpc) is 3.88. The van der Waals surface area contributed by atoms with Gasteiger partial charge in [-0.3, -0.25) is 0 Å². The van der Waals surface area contributed by atoms with Crippen LogP contribution in [-0.4, -0.2) is 24.1 Å². The van der Waals surface area contributed by atoms with Crippen LogP contribution in [0.4, 0.5) is 13.2 Å². The fourth-order valence-corrected chi connectivity index (χ4v) is 9.57. The Balaban J connectivity index is 1.14. The van der Waals surface area contributed by atoms with Crippen LogP contribution in [0, 0.1) is 6.92 Å². The lowest BCUT2D eigenvalue weighted by molar-refractivity contribution is -0.137. The Labute approximate surface area is 383 Å². The summed E-state index contributed by atoms with van der Waals surface area (Å²) >= 11 is 0. The number of halogens is 3. The molecule has 0 aliphatic rings. The smallest absolute Gasteiger partial charge is 0.309 e. The largest absolute Gasteiger partial charge is 0.417 e. The molecule has 320 valence electrons. The summed E-state index contributed by atoms with van der Waals surface area (Å²) in [5.41, 5.74) is 10.5. The molecule has 12 aromatic rings. The first-order valence-electron chi connectivity index (χ1n) is 22.1. The van der Waals surface area contributed by atoms with Gasteiger partial charge in [0.05, 0.1) is 33.3 Å². The molecule has 0 atom stereocenters. The molecule has 0 bridgehead atoms. The third kappa shape index (κ3) is 6.93. The first-order chi connectivity index (χ1) is 32.8. The minimum Gasteiger partial charge on any atom is -0.309 e. The Bertz CT molecular complexity index is 3800. The number of benzene rings is 9. The molecule has 5 nitrogen and oxygen atoms in total. The molecule has 3 heterocycles. The zero-order valence-corrected chi connectivity index (χ0v) is 36.1. The summed E-state index contributed by atoms with van der Waals surface area (Å²) in [6.07, 6.45) is -4.54. The van der Waals surface area contributed by atoms with Crippen molar-refractivity contribution in [2.24, 2.45) is 0 Å². The molecule has 9 aromatic carbocycles. The van der Waals surface area contributed by atoms with Crippen molar-refractivity contribution in [1.29, 1.82) is 0 Å². The highest BCUT2D eigenvalue weighted by Gasteiger charge is 2.34. The third-order valence-electron chi connectivity index (χ3n) is 12.7. The maximum absolute atomic E-state index is 14.7. The molecule has 8 heteroatoms. The normalized spacial score (nSPS) is 11.9. The number of aromatic nitrogens is 5. The number of alkyl halides is 3. The second-order valence-electron chi connectivity index (χ2n) is 16.8. The zero-order valence-electron chi connectivity index (χ0n) is 36.1. The number of fused-ring (bicyclic) bond motifs is 6. The topological polar surface area (TPSA) is 48.5 Å². The predicted molar refractivity (Wildman–Crippen MR) is 265 cm³/mol. The van der Waals surface area contributed by atoms with Gasteiger partial charge in [0, 0.05) is 43.9 Å². The third-order valence-corrected chi connectivity index (χ3v) is 12.7. The van der Waals surface area contributed by atoms with Gasteiger partial charge in [0.25, 0.3) is 0 Å². The molecule has 0 aliphatic carbocycles. The summed E-state index contributed by atoms with van der Waals surface area (Å²) < 4.78 is 48.5. The van der Waals surface area contributed by atoms with E-state index in [9.17, 15) is 13.2 Å². The van der Waals surface area contributed by atoms with Gasteiger partial charge in [-0.05, 0) is 89.8 Å². The van der Waals surface area contributed by atoms with Gasteiger partial charge in [0.15, 0.2) is 17.5 Å². The lowest BCUT2D eigenvalue weighted by Crippen LogP contribution is -2.07. The van der Waals surface area contributed by atoms with Crippen LogP contribution >= 0.6 is 0 Å². The van der Waals surface area contributed by atoms with Gasteiger partial charge in [0.2, 0.25) is 0 Å². The van der Waals surface area contributed by atoms with Crippen molar-refractivity contribution in [3.8, 4) is 67.8 Å². The molecular weight excluding hydrogens is 836 g/mol. The highest BCUT2D eigenvalue weighted by atomic mass is 19.4. The number of para-hydroxylation sites is 3. The zero-order chi connectivity index (χ0) is 45.2. The van der Waals surface area contributed by atoms with E-state index in [2.05, 4.69) is 100 Å². The standard InChI is InChI=1S/C59H38F3N5/c1-37-25-29-44(50(33-37)59(60,61)62)42-26-30-47-45-21-11-14-24-52(45)67(55(47)36-42)54-32-28-41(40-27-31-53-48(34-40)46-22-12-13-23-51(46)66(53)43-19-9-4-10-20-43)35-49(54)58-64-56(38-15-5-2-6-16-38)63-57(65-58)39-17-7-3-8-18-39/h2-36H,1H3. The van der Waals surface area contributed by atoms with Crippen molar-refractivity contribution in [1.82, 2.24) is 24.1 Å². The van der Waals surface area contributed by atoms with E-state index >= 15 is 0 Å². The molecule has 0 radical (unpaired) electrons. The molecule has 0 fully saturated rings. The van der Waals surface area contributed by atoms with Crippen LogP contribution in [0.2, 0.25) is 0 Å². The fraction of sp³-hybridized carbons (Fsp3) is 0.0339. The Morgan fingerprint density at radius 3 is 1.55 bits per heavy atom. The van der Waals surface area contributed by atoms with Gasteiger partial charge in [-0.25, -0.2) is 15.0 Å². The van der Waals surface area contributed by atoms with Gasteiger partial charge in [-0.15, -0.1) is 0 Å². The number of hydrogen-bond donors (Lipinski definition) is 0. The summed E-state index contributed by atoms with van der Waals surface area (Å²) in [6, 6.07) is 69.7. The molecule has 0 aliphatic heterocycles. The predicted octanol–water partition coefficient (Wildman–Crippen LogP) is 15.7. The summed E-state index contributed by atoms with van der Waals surface area (Å²) in [7, 11) is 0. The highest BCUT2D eigenvalue weighted by Crippen LogP contribution is 2.43. The number of hydrogen-bond acceptors (Lipinski definition) is 3. The second kappa shape index (κ2) is 15.8. The van der Waals surface area contributed by atoms with E-state index in [1.165, 1.54) is 6.07 Å². The Morgan fingerprint density at radius 1 is 0.358 bits per heavy atom. The van der Waals surface area contributed by atoms with Crippen LogP contribution in [0.1, 0.15) is 11.1 Å². The van der Waals surface area contributed by atoms with E-state index in [1.807, 2.05) is 97.1 Å². The van der Waals surface area contributed by atoms with Crippen LogP contribution in [0.3, 0.4) is 0 Å². The quantitative estimate of drug-likeness (QED) is 0.160. The lowest BCUT2D eigenvalue weighted by atomic mass is 9.96. The Hall–Kier alpha value is -8.62. The minimum atomic E-state index is -4.54. The Morgan fingerprint density at radius 2 is 0.881 bits per heavy atom. The minimum absolute atomic E-state index is 0.119. The van der Waals surface area contributed by atoms with Crippen LogP contribution < -0.4 is 0 Å². The summed E-state index contributed by atoms with van der Waals surface area (Å²) in [5, 5.41) is 4.12. The van der Waals surface area contributed by atoms with Gasteiger partial charge < -0.3 is 9.13 Å². The lowest BCUT2D eigenvalue weighted by Gasteiger charge is -2.17. The van der Waals surface area contributed by atoms with Crippen LogP contribution in [0.15, 0.2) is 212 Å². The van der Waals surface area contributed by atoms with Gasteiger partial charge >= 0.3 is 6.18 Å². The van der Waals surface area contributed by atoms with E-state index in [4.69, 9.17) is 15.0 Å². The van der Waals surface area contributed by atoms with Crippen molar-refractivity contribution in [3.05, 3.63) is 223 Å². The second-order valence-corrected chi connectivity index (χ2v) is 16.8. The molecule has 0 unspecified atom stereocenters. The van der Waals surface area contributed by atoms with Crippen molar-refractivity contribution in [3.63, 3.8) is 0 Å². The summed E-state index contributed by atoms with van der Waals surface area (Å²) in [6.45, 7) is 1.68. The van der Waals surface area contributed by atoms with Gasteiger partial charge in [0.1, 0.15) is 0 Å². The molecule has 0 saturated heterocycles. The fourth-order valence-electron chi connectivity index (χ4n) is 9.57. The molecule has 67 heavy (non-hydrogen) atoms. The monoisotopic (exact) mass is 873 g/mol. The number of rotatable bonds is 7. The highest BCUT2D eigenvalue weighted by molar-refractivity contribution is 6.12. The maximum atomic E-state index is 14.7. The molecule has 0 saturated carbocycles. The Kier molecular flexibility index (Phi) is 9.43. The van der Waals surface area contributed by atoms with E-state index in [-0.39, 0.29) is 5.56 Å². The number of nitrogens with zero attached hydrogens (tertiary/aromatic N) is 5. The van der Waals surface area contributed by atoms with E-state index < -0.39 is 11.7 Å². The van der Waals surface area contributed by atoms with Gasteiger partial charge in [-0.2, -0.15) is 13.2 Å². The maximum Gasteiger partial charge on any atom is 0.417 e. The average molecular weight is 874 g/mol. The molecule has 12 rings (SSSR count). The van der Waals surface area contributed by atoms with E-state index in [1.54, 1.807) is 25.1 Å². The van der Waals surface area contributed by atoms with Crippen molar-refractivity contribution in [2.75, 3.05) is 0 Å². The molecule has 0 amide bonds. The van der Waals surface area contributed by atoms with Crippen molar-refractivity contribution < 1.29 is 13.2 Å². The van der Waals surface area contributed by atoms with Gasteiger partial charge in [-0.1, -0.05) is 157 Å². The van der Waals surface area contributed by atoms with Crippen LogP contribution in [0.25, 0.3) is 111 Å². The van der Waals surface area contributed by atoms with Crippen molar-refractivity contribution in [2.45, 2.75) is 13.1 Å². The summed E-state index contributed by atoms with van der Waals surface area (Å²) in [5.74, 6) is 1.48. The molecular formula is C59H38F3N5. The number of aryl methyl sites for hydroxylation is 1. The first-order valence-corrected chi connectivity index (χ1v) is 22.1. The van der Waals surface area contributed by atoms with E-state index in [0.717, 1.165) is 82.8 Å². The summed E-state index contributed by atoms with van der Waals surface area (Å²) in [4.78, 5) is 15.5. The molecule has 0 spiro atoms. The SMILES string of the molecule is Cc1ccc(-c2ccc3c4ccccc4n(-c4ccc(-c5ccc6c(c5)c5ccccc5n6-c5ccccc5)cc4-c4nc(-c5ccccc5)nc(-c5ccccc5)n4)c3c2)c(C(F)(F)F)c1. The van der Waals surface area contributed by atoms with E-state index in [0.29, 0.717) is 28.6 Å².